The van der Waals surface area contributed by atoms with Crippen molar-refractivity contribution in [2.75, 3.05) is 31.1 Å². The SMILES string of the molecule is CCCCCn1c(N2CCC[C@H]2C(=O)N2CCNC(=O)C2)cc(=O)n2cc(-c3ccc(Cl)cc3)nc12. The number of imidazole rings is 1. The van der Waals surface area contributed by atoms with E-state index in [1.54, 1.807) is 33.7 Å². The zero-order chi connectivity index (χ0) is 25.2. The molecule has 2 amide bonds. The zero-order valence-electron chi connectivity index (χ0n) is 20.5. The highest BCUT2D eigenvalue weighted by Crippen LogP contribution is 2.29. The summed E-state index contributed by atoms with van der Waals surface area (Å²) in [5.74, 6) is 1.09. The molecule has 0 aliphatic carbocycles. The van der Waals surface area contributed by atoms with Crippen LogP contribution >= 0.6 is 11.6 Å². The fourth-order valence-electron chi connectivity index (χ4n) is 5.15. The number of benzene rings is 1. The molecular weight excluding hydrogens is 480 g/mol. The number of rotatable bonds is 7. The molecule has 2 aliphatic heterocycles. The Morgan fingerprint density at radius 1 is 1.17 bits per heavy atom. The van der Waals surface area contributed by atoms with Gasteiger partial charge in [-0.25, -0.2) is 4.98 Å². The van der Waals surface area contributed by atoms with Gasteiger partial charge < -0.3 is 15.1 Å². The van der Waals surface area contributed by atoms with Gasteiger partial charge in [0.1, 0.15) is 11.9 Å². The number of hydrogen-bond acceptors (Lipinski definition) is 5. The summed E-state index contributed by atoms with van der Waals surface area (Å²) in [6, 6.07) is 8.62. The largest absolute Gasteiger partial charge is 0.353 e. The van der Waals surface area contributed by atoms with Gasteiger partial charge in [0.25, 0.3) is 5.56 Å². The first kappa shape index (κ1) is 24.4. The maximum absolute atomic E-state index is 13.5. The Morgan fingerprint density at radius 2 is 1.97 bits per heavy atom. The fourth-order valence-corrected chi connectivity index (χ4v) is 5.28. The van der Waals surface area contributed by atoms with Crippen LogP contribution in [-0.2, 0) is 16.1 Å². The van der Waals surface area contributed by atoms with Gasteiger partial charge in [0.15, 0.2) is 0 Å². The smallest absolute Gasteiger partial charge is 0.261 e. The summed E-state index contributed by atoms with van der Waals surface area (Å²) in [5.41, 5.74) is 1.38. The summed E-state index contributed by atoms with van der Waals surface area (Å²) in [5, 5.41) is 3.41. The van der Waals surface area contributed by atoms with E-state index in [4.69, 9.17) is 16.6 Å². The minimum Gasteiger partial charge on any atom is -0.353 e. The number of carbonyl (C=O) groups excluding carboxylic acids is 2. The van der Waals surface area contributed by atoms with Gasteiger partial charge in [0.2, 0.25) is 17.6 Å². The molecule has 0 spiro atoms. The van der Waals surface area contributed by atoms with E-state index in [0.29, 0.717) is 54.9 Å². The van der Waals surface area contributed by atoms with Crippen LogP contribution in [0, 0.1) is 0 Å². The summed E-state index contributed by atoms with van der Waals surface area (Å²) in [4.78, 5) is 47.2. The van der Waals surface area contributed by atoms with Crippen LogP contribution in [0.25, 0.3) is 17.0 Å². The van der Waals surface area contributed by atoms with Crippen molar-refractivity contribution in [2.24, 2.45) is 0 Å². The molecule has 3 aromatic rings. The second kappa shape index (κ2) is 10.3. The lowest BCUT2D eigenvalue weighted by Crippen LogP contribution is -2.55. The summed E-state index contributed by atoms with van der Waals surface area (Å²) < 4.78 is 3.66. The number of anilines is 1. The van der Waals surface area contributed by atoms with Gasteiger partial charge in [-0.15, -0.1) is 0 Å². The lowest BCUT2D eigenvalue weighted by molar-refractivity contribution is -0.139. The lowest BCUT2D eigenvalue weighted by Gasteiger charge is -2.34. The van der Waals surface area contributed by atoms with E-state index in [0.717, 1.165) is 31.2 Å². The molecule has 2 fully saturated rings. The fraction of sp³-hybridized carbons (Fsp3) is 0.462. The molecule has 36 heavy (non-hydrogen) atoms. The van der Waals surface area contributed by atoms with E-state index in [1.165, 1.54) is 0 Å². The first-order valence-electron chi connectivity index (χ1n) is 12.7. The standard InChI is InChI=1S/C26H31ClN6O3/c1-2-3-4-12-32-23(31-13-5-6-21(31)25(36)30-14-11-28-22(34)17-30)15-24(35)33-16-20(29-26(32)33)18-7-9-19(27)10-8-18/h7-10,15-16,21H,2-6,11-14,17H2,1H3,(H,28,34)/t21-/m0/s1. The van der Waals surface area contributed by atoms with Crippen molar-refractivity contribution >= 4 is 35.0 Å². The number of fused-ring (bicyclic) bond motifs is 1. The molecule has 1 atom stereocenters. The molecule has 2 aliphatic rings. The minimum atomic E-state index is -0.402. The van der Waals surface area contributed by atoms with E-state index in [2.05, 4.69) is 16.8 Å². The van der Waals surface area contributed by atoms with Crippen molar-refractivity contribution in [2.45, 2.75) is 51.6 Å². The number of nitrogens with one attached hydrogen (secondary N) is 1. The van der Waals surface area contributed by atoms with Crippen molar-refractivity contribution in [3.8, 4) is 11.3 Å². The van der Waals surface area contributed by atoms with Gasteiger partial charge in [0.05, 0.1) is 12.2 Å². The van der Waals surface area contributed by atoms with E-state index >= 15 is 0 Å². The minimum absolute atomic E-state index is 0.0556. The highest BCUT2D eigenvalue weighted by molar-refractivity contribution is 6.30. The predicted molar refractivity (Wildman–Crippen MR) is 139 cm³/mol. The van der Waals surface area contributed by atoms with Gasteiger partial charge in [-0.3, -0.25) is 23.4 Å². The summed E-state index contributed by atoms with van der Waals surface area (Å²) in [6.45, 7) is 4.56. The van der Waals surface area contributed by atoms with Crippen LogP contribution in [0.2, 0.25) is 5.02 Å². The van der Waals surface area contributed by atoms with Crippen LogP contribution in [0.4, 0.5) is 5.82 Å². The monoisotopic (exact) mass is 510 g/mol. The second-order valence-corrected chi connectivity index (χ2v) is 9.90. The highest BCUT2D eigenvalue weighted by Gasteiger charge is 2.37. The number of unbranched alkanes of at least 4 members (excludes halogenated alkanes) is 2. The van der Waals surface area contributed by atoms with Crippen LogP contribution < -0.4 is 15.8 Å². The average Bonchev–Trinajstić information content (AvgIpc) is 3.54. The molecular formula is C26H31ClN6O3. The Labute approximate surface area is 214 Å². The van der Waals surface area contributed by atoms with Crippen molar-refractivity contribution < 1.29 is 9.59 Å². The van der Waals surface area contributed by atoms with Crippen LogP contribution in [0.5, 0.6) is 0 Å². The Balaban J connectivity index is 1.56. The van der Waals surface area contributed by atoms with Crippen molar-refractivity contribution in [1.29, 1.82) is 0 Å². The third kappa shape index (κ3) is 4.72. The molecule has 0 bridgehead atoms. The predicted octanol–water partition coefficient (Wildman–Crippen LogP) is 2.93. The number of hydrogen-bond donors (Lipinski definition) is 1. The van der Waals surface area contributed by atoms with E-state index in [1.807, 2.05) is 17.0 Å². The van der Waals surface area contributed by atoms with Crippen molar-refractivity contribution in [3.05, 3.63) is 51.9 Å². The highest BCUT2D eigenvalue weighted by atomic mass is 35.5. The number of halogens is 1. The number of nitrogens with zero attached hydrogens (tertiary/aromatic N) is 5. The number of amides is 2. The van der Waals surface area contributed by atoms with Crippen molar-refractivity contribution in [1.82, 2.24) is 24.2 Å². The van der Waals surface area contributed by atoms with Crippen LogP contribution in [0.15, 0.2) is 41.3 Å². The van der Waals surface area contributed by atoms with Gasteiger partial charge in [-0.1, -0.05) is 43.5 Å². The average molecular weight is 511 g/mol. The summed E-state index contributed by atoms with van der Waals surface area (Å²) in [7, 11) is 0. The molecule has 1 N–H and O–H groups in total. The molecule has 0 saturated carbocycles. The summed E-state index contributed by atoms with van der Waals surface area (Å²) >= 11 is 6.06. The molecule has 2 aromatic heterocycles. The maximum Gasteiger partial charge on any atom is 0.261 e. The van der Waals surface area contributed by atoms with E-state index in [-0.39, 0.29) is 23.9 Å². The molecule has 5 rings (SSSR count). The van der Waals surface area contributed by atoms with Crippen LogP contribution in [0.1, 0.15) is 39.0 Å². The molecule has 190 valence electrons. The quantitative estimate of drug-likeness (QED) is 0.493. The van der Waals surface area contributed by atoms with Crippen molar-refractivity contribution in [3.63, 3.8) is 0 Å². The molecule has 1 aromatic carbocycles. The molecule has 9 nitrogen and oxygen atoms in total. The molecule has 2 saturated heterocycles. The third-order valence-electron chi connectivity index (χ3n) is 7.00. The number of aryl methyl sites for hydroxylation is 1. The maximum atomic E-state index is 13.5. The Hall–Kier alpha value is -3.33. The Morgan fingerprint density at radius 3 is 2.72 bits per heavy atom. The van der Waals surface area contributed by atoms with Gasteiger partial charge in [-0.2, -0.15) is 0 Å². The summed E-state index contributed by atoms with van der Waals surface area (Å²) in [6.07, 6.45) is 6.35. The number of aromatic nitrogens is 3. The lowest BCUT2D eigenvalue weighted by atomic mass is 10.1. The molecule has 0 unspecified atom stereocenters. The first-order chi connectivity index (χ1) is 17.5. The zero-order valence-corrected chi connectivity index (χ0v) is 21.2. The van der Waals surface area contributed by atoms with Gasteiger partial charge in [0, 0.05) is 49.0 Å². The first-order valence-corrected chi connectivity index (χ1v) is 13.0. The van der Waals surface area contributed by atoms with Crippen LogP contribution in [-0.4, -0.2) is 62.9 Å². The van der Waals surface area contributed by atoms with Gasteiger partial charge >= 0.3 is 0 Å². The molecule has 0 radical (unpaired) electrons. The molecule has 4 heterocycles. The topological polar surface area (TPSA) is 92.0 Å². The Kier molecular flexibility index (Phi) is 7.00. The van der Waals surface area contributed by atoms with E-state index < -0.39 is 6.04 Å². The normalized spacial score (nSPS) is 18.2. The number of carbonyl (C=O) groups is 2. The number of piperazine rings is 1. The van der Waals surface area contributed by atoms with Gasteiger partial charge in [-0.05, 0) is 31.4 Å². The third-order valence-corrected chi connectivity index (χ3v) is 7.25. The molecule has 10 heteroatoms. The van der Waals surface area contributed by atoms with E-state index in [9.17, 15) is 14.4 Å². The Bertz CT molecular complexity index is 1330. The van der Waals surface area contributed by atoms with Crippen LogP contribution in [0.3, 0.4) is 0 Å². The second-order valence-electron chi connectivity index (χ2n) is 9.46.